The van der Waals surface area contributed by atoms with Crippen LogP contribution in [-0.4, -0.2) is 48.4 Å². The van der Waals surface area contributed by atoms with Gasteiger partial charge in [-0.2, -0.15) is 0 Å². The molecule has 1 heterocycles. The molecule has 0 bridgehead atoms. The standard InChI is InChI=1S/C10H12F2N2O3S/c1-3-17-10(16)8-13-4-6(18-8)9(15)14(2)5-7(11)12/h4,7H,3,5H2,1-2H3. The van der Waals surface area contributed by atoms with Crippen molar-refractivity contribution in [3.63, 3.8) is 0 Å². The minimum absolute atomic E-state index is 0.0330. The molecule has 0 aliphatic rings. The third-order valence-electron chi connectivity index (χ3n) is 1.93. The van der Waals surface area contributed by atoms with Gasteiger partial charge in [-0.1, -0.05) is 0 Å². The van der Waals surface area contributed by atoms with Crippen LogP contribution in [-0.2, 0) is 4.74 Å². The second kappa shape index (κ2) is 6.39. The average molecular weight is 278 g/mol. The van der Waals surface area contributed by atoms with Gasteiger partial charge >= 0.3 is 5.97 Å². The summed E-state index contributed by atoms with van der Waals surface area (Å²) in [4.78, 5) is 27.7. The zero-order chi connectivity index (χ0) is 13.7. The second-order valence-corrected chi connectivity index (χ2v) is 4.36. The molecule has 1 aromatic heterocycles. The summed E-state index contributed by atoms with van der Waals surface area (Å²) in [5.41, 5.74) is 0. The number of hydrogen-bond acceptors (Lipinski definition) is 5. The molecule has 18 heavy (non-hydrogen) atoms. The molecule has 1 rings (SSSR count). The van der Waals surface area contributed by atoms with Crippen molar-refractivity contribution >= 4 is 23.2 Å². The van der Waals surface area contributed by atoms with Gasteiger partial charge in [0.1, 0.15) is 4.88 Å². The summed E-state index contributed by atoms with van der Waals surface area (Å²) in [5.74, 6) is -1.22. The Labute approximate surface area is 106 Å². The maximum atomic E-state index is 12.1. The number of rotatable bonds is 5. The van der Waals surface area contributed by atoms with Crippen molar-refractivity contribution in [2.24, 2.45) is 0 Å². The van der Waals surface area contributed by atoms with Crippen molar-refractivity contribution in [1.82, 2.24) is 9.88 Å². The lowest BCUT2D eigenvalue weighted by molar-refractivity contribution is 0.0525. The monoisotopic (exact) mass is 278 g/mol. The lowest BCUT2D eigenvalue weighted by Crippen LogP contribution is -2.30. The summed E-state index contributed by atoms with van der Waals surface area (Å²) in [6.07, 6.45) is -1.42. The number of alkyl halides is 2. The molecule has 0 saturated heterocycles. The Morgan fingerprint density at radius 1 is 1.56 bits per heavy atom. The first-order valence-electron chi connectivity index (χ1n) is 5.12. The third-order valence-corrected chi connectivity index (χ3v) is 2.89. The molecule has 0 unspecified atom stereocenters. The van der Waals surface area contributed by atoms with Crippen LogP contribution in [0.3, 0.4) is 0 Å². The molecule has 0 aromatic carbocycles. The van der Waals surface area contributed by atoms with Crippen LogP contribution < -0.4 is 0 Å². The van der Waals surface area contributed by atoms with E-state index < -0.39 is 24.8 Å². The predicted octanol–water partition coefficient (Wildman–Crippen LogP) is 1.66. The van der Waals surface area contributed by atoms with Crippen molar-refractivity contribution in [2.45, 2.75) is 13.3 Å². The quantitative estimate of drug-likeness (QED) is 0.768. The van der Waals surface area contributed by atoms with E-state index in [1.54, 1.807) is 6.92 Å². The first-order chi connectivity index (χ1) is 8.45. The number of halogens is 2. The van der Waals surface area contributed by atoms with Crippen molar-refractivity contribution in [2.75, 3.05) is 20.2 Å². The minimum atomic E-state index is -2.60. The largest absolute Gasteiger partial charge is 0.461 e. The van der Waals surface area contributed by atoms with Gasteiger partial charge < -0.3 is 9.64 Å². The fraction of sp³-hybridized carbons (Fsp3) is 0.500. The summed E-state index contributed by atoms with van der Waals surface area (Å²) < 4.78 is 28.9. The van der Waals surface area contributed by atoms with Crippen LogP contribution in [0.1, 0.15) is 26.4 Å². The Hall–Kier alpha value is -1.57. The molecule has 0 saturated carbocycles. The smallest absolute Gasteiger partial charge is 0.367 e. The molecule has 0 radical (unpaired) electrons. The number of aromatic nitrogens is 1. The lowest BCUT2D eigenvalue weighted by atomic mass is 10.4. The molecule has 0 fully saturated rings. The topological polar surface area (TPSA) is 59.5 Å². The predicted molar refractivity (Wildman–Crippen MR) is 61.0 cm³/mol. The van der Waals surface area contributed by atoms with E-state index in [4.69, 9.17) is 4.74 Å². The van der Waals surface area contributed by atoms with Crippen LogP contribution in [0.5, 0.6) is 0 Å². The van der Waals surface area contributed by atoms with Gasteiger partial charge in [0.05, 0.1) is 19.3 Å². The van der Waals surface area contributed by atoms with Gasteiger partial charge in [0, 0.05) is 7.05 Å². The summed E-state index contributed by atoms with van der Waals surface area (Å²) in [6, 6.07) is 0. The number of amides is 1. The molecule has 0 spiro atoms. The van der Waals surface area contributed by atoms with E-state index in [0.717, 1.165) is 16.2 Å². The highest BCUT2D eigenvalue weighted by Crippen LogP contribution is 2.16. The Balaban J connectivity index is 2.73. The van der Waals surface area contributed by atoms with Crippen LogP contribution in [0, 0.1) is 0 Å². The molecule has 100 valence electrons. The molecule has 0 N–H and O–H groups in total. The van der Waals surface area contributed by atoms with Gasteiger partial charge in [0.15, 0.2) is 0 Å². The van der Waals surface area contributed by atoms with E-state index in [0.29, 0.717) is 0 Å². The molecule has 5 nitrogen and oxygen atoms in total. The van der Waals surface area contributed by atoms with Crippen molar-refractivity contribution in [3.8, 4) is 0 Å². The molecule has 0 aliphatic carbocycles. The van der Waals surface area contributed by atoms with Gasteiger partial charge in [-0.05, 0) is 6.92 Å². The maximum absolute atomic E-state index is 12.1. The summed E-state index contributed by atoms with van der Waals surface area (Å²) in [5, 5.41) is 0.0330. The number of esters is 1. The number of thiazole rings is 1. The zero-order valence-electron chi connectivity index (χ0n) is 9.85. The highest BCUT2D eigenvalue weighted by Gasteiger charge is 2.20. The molecule has 8 heteroatoms. The van der Waals surface area contributed by atoms with Gasteiger partial charge in [-0.15, -0.1) is 11.3 Å². The van der Waals surface area contributed by atoms with Crippen LogP contribution in [0.15, 0.2) is 6.20 Å². The first-order valence-corrected chi connectivity index (χ1v) is 5.94. The van der Waals surface area contributed by atoms with E-state index in [9.17, 15) is 18.4 Å². The van der Waals surface area contributed by atoms with E-state index in [1.807, 2.05) is 0 Å². The van der Waals surface area contributed by atoms with Crippen molar-refractivity contribution in [1.29, 1.82) is 0 Å². The van der Waals surface area contributed by atoms with Gasteiger partial charge in [0.25, 0.3) is 12.3 Å². The van der Waals surface area contributed by atoms with Crippen LogP contribution in [0.4, 0.5) is 8.78 Å². The SMILES string of the molecule is CCOC(=O)c1ncc(C(=O)N(C)CC(F)F)s1. The highest BCUT2D eigenvalue weighted by molar-refractivity contribution is 7.15. The molecule has 0 aliphatic heterocycles. The van der Waals surface area contributed by atoms with E-state index >= 15 is 0 Å². The summed E-state index contributed by atoms with van der Waals surface area (Å²) >= 11 is 0.823. The van der Waals surface area contributed by atoms with Crippen LogP contribution in [0.2, 0.25) is 0 Å². The van der Waals surface area contributed by atoms with Crippen LogP contribution in [0.25, 0.3) is 0 Å². The third kappa shape index (κ3) is 3.73. The molecular weight excluding hydrogens is 266 g/mol. The lowest BCUT2D eigenvalue weighted by Gasteiger charge is -2.14. The van der Waals surface area contributed by atoms with E-state index in [2.05, 4.69) is 4.98 Å². The highest BCUT2D eigenvalue weighted by atomic mass is 32.1. The number of ether oxygens (including phenoxy) is 1. The van der Waals surface area contributed by atoms with Gasteiger partial charge in [-0.25, -0.2) is 18.6 Å². The van der Waals surface area contributed by atoms with Crippen LogP contribution >= 0.6 is 11.3 Å². The Bertz CT molecular complexity index is 437. The number of nitrogens with zero attached hydrogens (tertiary/aromatic N) is 2. The fourth-order valence-electron chi connectivity index (χ4n) is 1.14. The molecule has 0 atom stereocenters. The average Bonchev–Trinajstić information content (AvgIpc) is 2.76. The Morgan fingerprint density at radius 3 is 2.78 bits per heavy atom. The molecule has 1 aromatic rings. The normalized spacial score (nSPS) is 10.5. The first kappa shape index (κ1) is 14.5. The van der Waals surface area contributed by atoms with Gasteiger partial charge in [-0.3, -0.25) is 4.79 Å². The minimum Gasteiger partial charge on any atom is -0.461 e. The van der Waals surface area contributed by atoms with Gasteiger partial charge in [0.2, 0.25) is 5.01 Å². The number of carbonyl (C=O) groups excluding carboxylic acids is 2. The molecule has 1 amide bonds. The zero-order valence-corrected chi connectivity index (χ0v) is 10.7. The summed E-state index contributed by atoms with van der Waals surface area (Å²) in [6.45, 7) is 1.19. The second-order valence-electron chi connectivity index (χ2n) is 3.33. The fourth-order valence-corrected chi connectivity index (χ4v) is 1.94. The van der Waals surface area contributed by atoms with Crippen molar-refractivity contribution in [3.05, 3.63) is 16.1 Å². The number of hydrogen-bond donors (Lipinski definition) is 0. The number of carbonyl (C=O) groups is 2. The Kier molecular flexibility index (Phi) is 5.14. The van der Waals surface area contributed by atoms with E-state index in [-0.39, 0.29) is 16.5 Å². The summed E-state index contributed by atoms with van der Waals surface area (Å²) in [7, 11) is 1.26. The van der Waals surface area contributed by atoms with Crippen molar-refractivity contribution < 1.29 is 23.1 Å². The Morgan fingerprint density at radius 2 is 2.22 bits per heavy atom. The maximum Gasteiger partial charge on any atom is 0.367 e. The van der Waals surface area contributed by atoms with E-state index in [1.165, 1.54) is 13.2 Å². The molecular formula is C10H12F2N2O3S.